The minimum atomic E-state index is -2.88. The van der Waals surface area contributed by atoms with Gasteiger partial charge >= 0.3 is 6.61 Å². The molecule has 1 aliphatic rings. The van der Waals surface area contributed by atoms with Crippen molar-refractivity contribution >= 4 is 23.4 Å². The van der Waals surface area contributed by atoms with Crippen molar-refractivity contribution in [3.05, 3.63) is 66.0 Å². The van der Waals surface area contributed by atoms with Crippen molar-refractivity contribution in [3.63, 3.8) is 0 Å². The van der Waals surface area contributed by atoms with Gasteiger partial charge in [0.1, 0.15) is 11.6 Å². The number of nitrogens with one attached hydrogen (secondary N) is 1. The van der Waals surface area contributed by atoms with Crippen LogP contribution in [0.15, 0.2) is 59.8 Å². The zero-order valence-corrected chi connectivity index (χ0v) is 18.8. The highest BCUT2D eigenvalue weighted by Crippen LogP contribution is 2.22. The number of carbonyl (C=O) groups is 1. The number of halogens is 2. The van der Waals surface area contributed by atoms with E-state index in [1.54, 1.807) is 0 Å². The summed E-state index contributed by atoms with van der Waals surface area (Å²) in [7, 11) is 0. The number of alkyl halides is 2. The Hall–Kier alpha value is -2.98. The minimum absolute atomic E-state index is 0.0388. The van der Waals surface area contributed by atoms with Gasteiger partial charge in [0, 0.05) is 5.69 Å². The zero-order valence-electron chi connectivity index (χ0n) is 18.0. The lowest BCUT2D eigenvalue weighted by atomic mass is 10.2. The highest BCUT2D eigenvalue weighted by Gasteiger charge is 2.19. The lowest BCUT2D eigenvalue weighted by Crippen LogP contribution is -2.22. The second kappa shape index (κ2) is 11.2. The maximum absolute atomic E-state index is 12.5. The predicted molar refractivity (Wildman–Crippen MR) is 123 cm³/mol. The van der Waals surface area contributed by atoms with Crippen LogP contribution < -0.4 is 10.1 Å². The Kier molecular flexibility index (Phi) is 7.90. The molecule has 0 atom stereocenters. The maximum atomic E-state index is 12.5. The SMILES string of the molecule is O=C(CSc1nnc(CN2CCCC2)n1Cc1ccccc1)Nc1ccc(OC(F)F)cc1. The Labute approximate surface area is 195 Å². The van der Waals surface area contributed by atoms with Crippen LogP contribution in [0.3, 0.4) is 0 Å². The van der Waals surface area contributed by atoms with Crippen molar-refractivity contribution in [1.29, 1.82) is 0 Å². The molecule has 1 amide bonds. The number of hydrogen-bond donors (Lipinski definition) is 1. The molecule has 1 fully saturated rings. The highest BCUT2D eigenvalue weighted by atomic mass is 32.2. The van der Waals surface area contributed by atoms with Gasteiger partial charge in [0.15, 0.2) is 5.16 Å². The van der Waals surface area contributed by atoms with Crippen LogP contribution in [0.4, 0.5) is 14.5 Å². The average molecular weight is 474 g/mol. The number of anilines is 1. The second-order valence-corrected chi connectivity index (χ2v) is 8.64. The molecule has 4 rings (SSSR count). The average Bonchev–Trinajstić information content (AvgIpc) is 3.45. The van der Waals surface area contributed by atoms with Crippen LogP contribution >= 0.6 is 11.8 Å². The van der Waals surface area contributed by atoms with Gasteiger partial charge in [-0.3, -0.25) is 9.69 Å². The van der Waals surface area contributed by atoms with E-state index in [2.05, 4.69) is 41.9 Å². The summed E-state index contributed by atoms with van der Waals surface area (Å²) in [6.45, 7) is 0.603. The van der Waals surface area contributed by atoms with Crippen molar-refractivity contribution < 1.29 is 18.3 Å². The van der Waals surface area contributed by atoms with Gasteiger partial charge in [-0.2, -0.15) is 8.78 Å². The number of hydrogen-bond acceptors (Lipinski definition) is 6. The number of likely N-dealkylation sites (tertiary alicyclic amines) is 1. The van der Waals surface area contributed by atoms with Crippen LogP contribution in [0.5, 0.6) is 5.75 Å². The van der Waals surface area contributed by atoms with Gasteiger partial charge in [-0.05, 0) is 55.8 Å². The molecule has 3 aromatic rings. The summed E-state index contributed by atoms with van der Waals surface area (Å²) in [4.78, 5) is 14.8. The number of carbonyl (C=O) groups excluding carboxylic acids is 1. The van der Waals surface area contributed by atoms with E-state index in [4.69, 9.17) is 0 Å². The second-order valence-electron chi connectivity index (χ2n) is 7.69. The Morgan fingerprint density at radius 2 is 1.76 bits per heavy atom. The largest absolute Gasteiger partial charge is 0.435 e. The fourth-order valence-corrected chi connectivity index (χ4v) is 4.41. The molecule has 0 radical (unpaired) electrons. The van der Waals surface area contributed by atoms with Gasteiger partial charge in [-0.15, -0.1) is 10.2 Å². The third kappa shape index (κ3) is 6.75. The van der Waals surface area contributed by atoms with Crippen molar-refractivity contribution in [2.75, 3.05) is 24.2 Å². The molecule has 1 N–H and O–H groups in total. The normalized spacial score (nSPS) is 14.0. The van der Waals surface area contributed by atoms with E-state index in [1.165, 1.54) is 48.9 Å². The van der Waals surface area contributed by atoms with Gasteiger partial charge in [0.05, 0.1) is 18.8 Å². The van der Waals surface area contributed by atoms with Gasteiger partial charge < -0.3 is 14.6 Å². The lowest BCUT2D eigenvalue weighted by Gasteiger charge is -2.16. The molecule has 7 nitrogen and oxygen atoms in total. The number of nitrogens with zero attached hydrogens (tertiary/aromatic N) is 4. The molecule has 2 aromatic carbocycles. The number of amides is 1. The van der Waals surface area contributed by atoms with Gasteiger partial charge in [0.2, 0.25) is 5.91 Å². The van der Waals surface area contributed by atoms with E-state index in [0.29, 0.717) is 17.4 Å². The van der Waals surface area contributed by atoms with Crippen LogP contribution in [0, 0.1) is 0 Å². The molecule has 0 aliphatic carbocycles. The van der Waals surface area contributed by atoms with E-state index >= 15 is 0 Å². The molecule has 2 heterocycles. The minimum Gasteiger partial charge on any atom is -0.435 e. The summed E-state index contributed by atoms with van der Waals surface area (Å²) in [5.74, 6) is 0.847. The Bertz CT molecular complexity index is 1040. The highest BCUT2D eigenvalue weighted by molar-refractivity contribution is 7.99. The Morgan fingerprint density at radius 1 is 1.03 bits per heavy atom. The summed E-state index contributed by atoms with van der Waals surface area (Å²) in [5.41, 5.74) is 1.64. The fourth-order valence-electron chi connectivity index (χ4n) is 3.66. The lowest BCUT2D eigenvalue weighted by molar-refractivity contribution is -0.113. The standard InChI is InChI=1S/C23H25F2N5O2S/c24-22(25)32-19-10-8-18(9-11-19)26-21(31)16-33-23-28-27-20(15-29-12-4-5-13-29)30(23)14-17-6-2-1-3-7-17/h1-3,6-11,22H,4-5,12-16H2,(H,26,31). The first kappa shape index (κ1) is 23.2. The topological polar surface area (TPSA) is 72.3 Å². The van der Waals surface area contributed by atoms with E-state index in [9.17, 15) is 13.6 Å². The Morgan fingerprint density at radius 3 is 2.45 bits per heavy atom. The predicted octanol–water partition coefficient (Wildman–Crippen LogP) is 4.25. The summed E-state index contributed by atoms with van der Waals surface area (Å²) >= 11 is 1.32. The summed E-state index contributed by atoms with van der Waals surface area (Å²) in [6.07, 6.45) is 2.40. The van der Waals surface area contributed by atoms with Crippen molar-refractivity contribution in [1.82, 2.24) is 19.7 Å². The van der Waals surface area contributed by atoms with Crippen molar-refractivity contribution in [2.45, 2.75) is 37.7 Å². The van der Waals surface area contributed by atoms with Crippen LogP contribution in [0.1, 0.15) is 24.2 Å². The summed E-state index contributed by atoms with van der Waals surface area (Å²) in [5, 5.41) is 12.2. The molecular formula is C23H25F2N5O2S. The summed E-state index contributed by atoms with van der Waals surface area (Å²) in [6, 6.07) is 15.9. The van der Waals surface area contributed by atoms with Gasteiger partial charge in [-0.1, -0.05) is 42.1 Å². The number of aromatic nitrogens is 3. The maximum Gasteiger partial charge on any atom is 0.387 e. The van der Waals surface area contributed by atoms with Crippen LogP contribution in [-0.4, -0.2) is 51.0 Å². The van der Waals surface area contributed by atoms with Crippen LogP contribution in [-0.2, 0) is 17.9 Å². The van der Waals surface area contributed by atoms with E-state index < -0.39 is 6.61 Å². The van der Waals surface area contributed by atoms with E-state index in [-0.39, 0.29) is 17.4 Å². The third-order valence-electron chi connectivity index (χ3n) is 5.24. The smallest absolute Gasteiger partial charge is 0.387 e. The van der Waals surface area contributed by atoms with Crippen LogP contribution in [0.2, 0.25) is 0 Å². The third-order valence-corrected chi connectivity index (χ3v) is 6.20. The zero-order chi connectivity index (χ0) is 23.0. The van der Waals surface area contributed by atoms with Crippen LogP contribution in [0.25, 0.3) is 0 Å². The quantitative estimate of drug-likeness (QED) is 0.444. The molecule has 10 heteroatoms. The molecule has 0 saturated carbocycles. The first-order valence-corrected chi connectivity index (χ1v) is 11.7. The molecule has 174 valence electrons. The number of thioether (sulfide) groups is 1. The molecule has 0 spiro atoms. The van der Waals surface area contributed by atoms with E-state index in [1.807, 2.05) is 18.2 Å². The van der Waals surface area contributed by atoms with Gasteiger partial charge in [-0.25, -0.2) is 0 Å². The molecular weight excluding hydrogens is 448 g/mol. The summed E-state index contributed by atoms with van der Waals surface area (Å²) < 4.78 is 30.9. The number of rotatable bonds is 10. The Balaban J connectivity index is 1.40. The molecule has 0 bridgehead atoms. The number of benzene rings is 2. The molecule has 1 aromatic heterocycles. The monoisotopic (exact) mass is 473 g/mol. The van der Waals surface area contributed by atoms with E-state index in [0.717, 1.165) is 31.0 Å². The molecule has 0 unspecified atom stereocenters. The van der Waals surface area contributed by atoms with Crippen molar-refractivity contribution in [3.8, 4) is 5.75 Å². The first-order chi connectivity index (χ1) is 16.1. The van der Waals surface area contributed by atoms with Crippen molar-refractivity contribution in [2.24, 2.45) is 0 Å². The first-order valence-electron chi connectivity index (χ1n) is 10.7. The van der Waals surface area contributed by atoms with Gasteiger partial charge in [0.25, 0.3) is 0 Å². The molecule has 1 saturated heterocycles. The fraction of sp³-hybridized carbons (Fsp3) is 0.348. The molecule has 33 heavy (non-hydrogen) atoms. The molecule has 1 aliphatic heterocycles. The number of ether oxygens (including phenoxy) is 1.